The molecule has 1 heterocycles. The normalized spacial score (nSPS) is 20.4. The fourth-order valence-electron chi connectivity index (χ4n) is 1.94. The first-order valence-corrected chi connectivity index (χ1v) is 6.01. The second-order valence-corrected chi connectivity index (χ2v) is 4.50. The van der Waals surface area contributed by atoms with Crippen molar-refractivity contribution < 1.29 is 23.8 Å². The Morgan fingerprint density at radius 2 is 1.90 bits per heavy atom. The van der Waals surface area contributed by atoms with Gasteiger partial charge in [-0.25, -0.2) is 9.18 Å². The molecular formula is C15H11FO4. The maximum absolute atomic E-state index is 12.8. The van der Waals surface area contributed by atoms with Crippen molar-refractivity contribution in [2.75, 3.05) is 6.61 Å². The topological polar surface area (TPSA) is 59.1 Å². The van der Waals surface area contributed by atoms with Crippen molar-refractivity contribution in [1.82, 2.24) is 0 Å². The third kappa shape index (κ3) is 2.23. The minimum absolute atomic E-state index is 0.155. The van der Waals surface area contributed by atoms with Crippen molar-refractivity contribution in [3.05, 3.63) is 59.9 Å². The van der Waals surface area contributed by atoms with Crippen LogP contribution in [0.5, 0.6) is 11.5 Å². The summed E-state index contributed by atoms with van der Waals surface area (Å²) >= 11 is 0. The van der Waals surface area contributed by atoms with E-state index in [1.165, 1.54) is 24.3 Å². The molecule has 0 radical (unpaired) electrons. The molecule has 1 saturated heterocycles. The van der Waals surface area contributed by atoms with E-state index in [-0.39, 0.29) is 12.4 Å². The summed E-state index contributed by atoms with van der Waals surface area (Å²) < 4.78 is 23.4. The average Bonchev–Trinajstić information content (AvgIpc) is 3.23. The SMILES string of the molecule is O=C(O)[C@@]1(c2cccc(Oc3ccc(F)cc3)c2)CO1. The van der Waals surface area contributed by atoms with Gasteiger partial charge in [-0.2, -0.15) is 0 Å². The second-order valence-electron chi connectivity index (χ2n) is 4.50. The Morgan fingerprint density at radius 3 is 2.50 bits per heavy atom. The Morgan fingerprint density at radius 1 is 1.20 bits per heavy atom. The Kier molecular flexibility index (Phi) is 2.91. The number of ether oxygens (including phenoxy) is 2. The molecule has 5 heteroatoms. The monoisotopic (exact) mass is 274 g/mol. The zero-order chi connectivity index (χ0) is 14.2. The summed E-state index contributed by atoms with van der Waals surface area (Å²) in [6, 6.07) is 12.3. The summed E-state index contributed by atoms with van der Waals surface area (Å²) in [5.74, 6) is -0.409. The number of carboxylic acid groups (broad SMARTS) is 1. The van der Waals surface area contributed by atoms with Crippen molar-refractivity contribution in [1.29, 1.82) is 0 Å². The Labute approximate surface area is 114 Å². The molecule has 1 N–H and O–H groups in total. The van der Waals surface area contributed by atoms with E-state index < -0.39 is 11.6 Å². The van der Waals surface area contributed by atoms with Crippen LogP contribution < -0.4 is 4.74 Å². The molecule has 0 spiro atoms. The molecule has 4 nitrogen and oxygen atoms in total. The number of rotatable bonds is 4. The van der Waals surface area contributed by atoms with Gasteiger partial charge in [0.05, 0.1) is 6.61 Å². The lowest BCUT2D eigenvalue weighted by Gasteiger charge is -2.10. The van der Waals surface area contributed by atoms with Gasteiger partial charge in [0.25, 0.3) is 0 Å². The number of aliphatic carboxylic acids is 1. The molecule has 3 rings (SSSR count). The van der Waals surface area contributed by atoms with Gasteiger partial charge in [-0.05, 0) is 36.4 Å². The van der Waals surface area contributed by atoms with E-state index in [4.69, 9.17) is 14.6 Å². The maximum Gasteiger partial charge on any atom is 0.343 e. The zero-order valence-electron chi connectivity index (χ0n) is 10.4. The van der Waals surface area contributed by atoms with E-state index in [0.717, 1.165) is 0 Å². The fraction of sp³-hybridized carbons (Fsp3) is 0.133. The van der Waals surface area contributed by atoms with Gasteiger partial charge in [-0.3, -0.25) is 0 Å². The number of hydrogen-bond donors (Lipinski definition) is 1. The van der Waals surface area contributed by atoms with Gasteiger partial charge in [-0.15, -0.1) is 0 Å². The molecule has 0 aliphatic carbocycles. The molecule has 1 aliphatic rings. The number of carbonyl (C=O) groups is 1. The van der Waals surface area contributed by atoms with Gasteiger partial charge in [-0.1, -0.05) is 12.1 Å². The highest BCUT2D eigenvalue weighted by atomic mass is 19.1. The molecule has 1 atom stereocenters. The van der Waals surface area contributed by atoms with E-state index in [1.807, 2.05) is 0 Å². The average molecular weight is 274 g/mol. The van der Waals surface area contributed by atoms with Crippen molar-refractivity contribution in [3.63, 3.8) is 0 Å². The molecule has 0 unspecified atom stereocenters. The van der Waals surface area contributed by atoms with Gasteiger partial charge < -0.3 is 14.6 Å². The van der Waals surface area contributed by atoms with Crippen LogP contribution in [-0.4, -0.2) is 17.7 Å². The molecule has 102 valence electrons. The molecule has 0 aromatic heterocycles. The lowest BCUT2D eigenvalue weighted by molar-refractivity contribution is -0.143. The standard InChI is InChI=1S/C15H11FO4/c16-11-4-6-12(7-5-11)20-13-3-1-2-10(8-13)15(9-19-15)14(17)18/h1-8H,9H2,(H,17,18)/t15-/m0/s1. The summed E-state index contributed by atoms with van der Waals surface area (Å²) in [7, 11) is 0. The van der Waals surface area contributed by atoms with Crippen molar-refractivity contribution in [2.24, 2.45) is 0 Å². The number of benzene rings is 2. The van der Waals surface area contributed by atoms with Crippen LogP contribution in [-0.2, 0) is 15.1 Å². The smallest absolute Gasteiger partial charge is 0.343 e. The summed E-state index contributed by atoms with van der Waals surface area (Å²) in [6.07, 6.45) is 0. The van der Waals surface area contributed by atoms with E-state index >= 15 is 0 Å². The van der Waals surface area contributed by atoms with Crippen LogP contribution in [0.1, 0.15) is 5.56 Å². The predicted molar refractivity (Wildman–Crippen MR) is 68.2 cm³/mol. The largest absolute Gasteiger partial charge is 0.479 e. The fourth-order valence-corrected chi connectivity index (χ4v) is 1.94. The Hall–Kier alpha value is -2.40. The Balaban J connectivity index is 1.85. The number of halogens is 1. The predicted octanol–water partition coefficient (Wildman–Crippen LogP) is 2.93. The van der Waals surface area contributed by atoms with Crippen LogP contribution >= 0.6 is 0 Å². The van der Waals surface area contributed by atoms with Crippen LogP contribution in [0.25, 0.3) is 0 Å². The van der Waals surface area contributed by atoms with E-state index in [1.54, 1.807) is 24.3 Å². The minimum Gasteiger partial charge on any atom is -0.479 e. The van der Waals surface area contributed by atoms with Gasteiger partial charge in [0, 0.05) is 5.56 Å². The summed E-state index contributed by atoms with van der Waals surface area (Å²) in [4.78, 5) is 11.2. The molecular weight excluding hydrogens is 263 g/mol. The van der Waals surface area contributed by atoms with E-state index in [2.05, 4.69) is 0 Å². The summed E-state index contributed by atoms with van der Waals surface area (Å²) in [5, 5.41) is 9.16. The lowest BCUT2D eigenvalue weighted by atomic mass is 10.0. The molecule has 20 heavy (non-hydrogen) atoms. The molecule has 0 amide bonds. The highest BCUT2D eigenvalue weighted by molar-refractivity contribution is 5.82. The lowest BCUT2D eigenvalue weighted by Crippen LogP contribution is -2.21. The number of epoxide rings is 1. The zero-order valence-corrected chi connectivity index (χ0v) is 10.4. The van der Waals surface area contributed by atoms with Crippen LogP contribution in [0.2, 0.25) is 0 Å². The molecule has 0 saturated carbocycles. The first-order chi connectivity index (χ1) is 9.60. The quantitative estimate of drug-likeness (QED) is 0.871. The summed E-state index contributed by atoms with van der Waals surface area (Å²) in [6.45, 7) is 0.155. The number of carboxylic acids is 1. The van der Waals surface area contributed by atoms with Crippen LogP contribution in [0.4, 0.5) is 4.39 Å². The Bertz CT molecular complexity index is 647. The molecule has 1 fully saturated rings. The minimum atomic E-state index is -1.25. The van der Waals surface area contributed by atoms with E-state index in [0.29, 0.717) is 17.1 Å². The third-order valence-electron chi connectivity index (χ3n) is 3.13. The van der Waals surface area contributed by atoms with Crippen LogP contribution in [0, 0.1) is 5.82 Å². The highest BCUT2D eigenvalue weighted by Crippen LogP contribution is 2.40. The van der Waals surface area contributed by atoms with Gasteiger partial charge in [0.2, 0.25) is 5.60 Å². The third-order valence-corrected chi connectivity index (χ3v) is 3.13. The van der Waals surface area contributed by atoms with E-state index in [9.17, 15) is 9.18 Å². The van der Waals surface area contributed by atoms with Gasteiger partial charge in [0.1, 0.15) is 17.3 Å². The molecule has 1 aliphatic heterocycles. The van der Waals surface area contributed by atoms with Crippen molar-refractivity contribution in [2.45, 2.75) is 5.60 Å². The second kappa shape index (κ2) is 4.61. The first-order valence-electron chi connectivity index (χ1n) is 6.01. The molecule has 2 aromatic carbocycles. The highest BCUT2D eigenvalue weighted by Gasteiger charge is 2.54. The van der Waals surface area contributed by atoms with Crippen LogP contribution in [0.15, 0.2) is 48.5 Å². The maximum atomic E-state index is 12.8. The summed E-state index contributed by atoms with van der Waals surface area (Å²) in [5.41, 5.74) is -0.716. The van der Waals surface area contributed by atoms with Gasteiger partial charge >= 0.3 is 5.97 Å². The van der Waals surface area contributed by atoms with Crippen molar-refractivity contribution in [3.8, 4) is 11.5 Å². The number of hydrogen-bond acceptors (Lipinski definition) is 3. The molecule has 2 aromatic rings. The van der Waals surface area contributed by atoms with Crippen molar-refractivity contribution >= 4 is 5.97 Å². The molecule has 0 bridgehead atoms. The van der Waals surface area contributed by atoms with Gasteiger partial charge in [0.15, 0.2) is 0 Å². The van der Waals surface area contributed by atoms with Crippen LogP contribution in [0.3, 0.4) is 0 Å². The first kappa shape index (κ1) is 12.6.